The van der Waals surface area contributed by atoms with Crippen molar-refractivity contribution < 1.29 is 8.42 Å². The smallest absolute Gasteiger partial charge is 0.238 e. The highest BCUT2D eigenvalue weighted by molar-refractivity contribution is 7.89. The fourth-order valence-electron chi connectivity index (χ4n) is 2.34. The van der Waals surface area contributed by atoms with Gasteiger partial charge in [-0.15, -0.1) is 11.3 Å². The van der Waals surface area contributed by atoms with Crippen molar-refractivity contribution in [1.29, 1.82) is 0 Å². The van der Waals surface area contributed by atoms with Crippen LogP contribution in [0.2, 0.25) is 9.36 Å². The van der Waals surface area contributed by atoms with Crippen LogP contribution in [0.15, 0.2) is 76.6 Å². The summed E-state index contributed by atoms with van der Waals surface area (Å²) in [7, 11) is -3.76. The number of sulfonamides is 1. The van der Waals surface area contributed by atoms with Crippen molar-refractivity contribution in [2.75, 3.05) is 0 Å². The van der Waals surface area contributed by atoms with Crippen molar-refractivity contribution in [3.63, 3.8) is 0 Å². The van der Waals surface area contributed by atoms with Crippen molar-refractivity contribution in [2.45, 2.75) is 4.90 Å². The first-order chi connectivity index (χ1) is 13.2. The molecule has 0 radical (unpaired) electrons. The molecule has 1 aromatic heterocycles. The number of nitrogens with two attached hydrogens (primary N) is 2. The molecule has 5 nitrogen and oxygen atoms in total. The highest BCUT2D eigenvalue weighted by Crippen LogP contribution is 2.26. The first kappa shape index (κ1) is 20.6. The Hall–Kier alpha value is -2.16. The van der Waals surface area contributed by atoms with Crippen LogP contribution in [0.1, 0.15) is 10.4 Å². The molecule has 4 N–H and O–H groups in total. The molecule has 0 aliphatic heterocycles. The molecule has 0 spiro atoms. The van der Waals surface area contributed by atoms with Gasteiger partial charge in [0.25, 0.3) is 0 Å². The maximum atomic E-state index is 11.4. The summed E-state index contributed by atoms with van der Waals surface area (Å²) >= 11 is 13.3. The van der Waals surface area contributed by atoms with Crippen LogP contribution in [-0.2, 0) is 10.0 Å². The first-order valence-electron chi connectivity index (χ1n) is 7.93. The third kappa shape index (κ3) is 5.21. The molecule has 0 amide bonds. The monoisotopic (exact) mass is 451 g/mol. The Morgan fingerprint density at radius 3 is 2.14 bits per heavy atom. The van der Waals surface area contributed by atoms with Crippen LogP contribution in [0.3, 0.4) is 0 Å². The molecule has 0 saturated heterocycles. The van der Waals surface area contributed by atoms with Crippen molar-refractivity contribution >= 4 is 61.7 Å². The Morgan fingerprint density at radius 1 is 0.964 bits per heavy atom. The SMILES string of the molecule is NC(=CC(=Nc1ccc(S(N)(=O)=O)cc1)c1ccc(Cl)cc1)c1ccc(Cl)s1. The molecular formula is C19H15Cl2N3O2S2. The second-order valence-corrected chi connectivity index (χ2v) is 9.46. The Morgan fingerprint density at radius 2 is 1.61 bits per heavy atom. The van der Waals surface area contributed by atoms with Gasteiger partial charge in [0.05, 0.1) is 31.2 Å². The maximum absolute atomic E-state index is 11.4. The van der Waals surface area contributed by atoms with E-state index in [1.165, 1.54) is 23.5 Å². The van der Waals surface area contributed by atoms with Crippen molar-refractivity contribution in [2.24, 2.45) is 15.9 Å². The van der Waals surface area contributed by atoms with Gasteiger partial charge in [-0.25, -0.2) is 18.5 Å². The Labute approximate surface area is 177 Å². The molecule has 3 aromatic rings. The van der Waals surface area contributed by atoms with Crippen LogP contribution in [0.25, 0.3) is 5.70 Å². The van der Waals surface area contributed by atoms with Crippen molar-refractivity contribution in [3.05, 3.63) is 86.5 Å². The normalized spacial score (nSPS) is 13.0. The first-order valence-corrected chi connectivity index (χ1v) is 11.0. The van der Waals surface area contributed by atoms with Crippen molar-refractivity contribution in [1.82, 2.24) is 0 Å². The zero-order valence-corrected chi connectivity index (χ0v) is 17.5. The molecule has 0 aliphatic carbocycles. The summed E-state index contributed by atoms with van der Waals surface area (Å²) < 4.78 is 23.5. The molecule has 0 unspecified atom stereocenters. The van der Waals surface area contributed by atoms with E-state index in [0.717, 1.165) is 10.4 Å². The van der Waals surface area contributed by atoms with E-state index in [-0.39, 0.29) is 4.90 Å². The average Bonchev–Trinajstić information content (AvgIpc) is 3.08. The summed E-state index contributed by atoms with van der Waals surface area (Å²) in [6, 6.07) is 16.7. The van der Waals surface area contributed by atoms with Crippen molar-refractivity contribution in [3.8, 4) is 0 Å². The van der Waals surface area contributed by atoms with E-state index in [2.05, 4.69) is 4.99 Å². The Kier molecular flexibility index (Phi) is 6.22. The standard InChI is InChI=1S/C19H15Cl2N3O2S2/c20-13-3-1-12(2-4-13)17(11-16(22)18-9-10-19(21)27-18)24-14-5-7-15(8-6-14)28(23,25)26/h1-11H,22H2,(H2,23,25,26). The summed E-state index contributed by atoms with van der Waals surface area (Å²) in [5.74, 6) is 0. The molecule has 0 aliphatic rings. The van der Waals surface area contributed by atoms with Crippen LogP contribution in [0.5, 0.6) is 0 Å². The number of primary sulfonamides is 1. The van der Waals surface area contributed by atoms with Gasteiger partial charge in [-0.1, -0.05) is 35.3 Å². The predicted octanol–water partition coefficient (Wildman–Crippen LogP) is 4.82. The number of rotatable bonds is 5. The summed E-state index contributed by atoms with van der Waals surface area (Å²) in [4.78, 5) is 5.44. The van der Waals surface area contributed by atoms with Gasteiger partial charge in [0, 0.05) is 10.6 Å². The molecule has 1 heterocycles. The van der Waals surface area contributed by atoms with E-state index >= 15 is 0 Å². The second kappa shape index (κ2) is 8.46. The van der Waals surface area contributed by atoms with E-state index in [0.29, 0.717) is 26.5 Å². The molecule has 0 fully saturated rings. The van der Waals surface area contributed by atoms with Gasteiger partial charge in [-0.3, -0.25) is 0 Å². The molecule has 9 heteroatoms. The number of halogens is 2. The van der Waals surface area contributed by atoms with Crippen LogP contribution in [0.4, 0.5) is 5.69 Å². The average molecular weight is 452 g/mol. The summed E-state index contributed by atoms with van der Waals surface area (Å²) in [5.41, 5.74) is 8.66. The molecule has 28 heavy (non-hydrogen) atoms. The molecular weight excluding hydrogens is 437 g/mol. The minimum absolute atomic E-state index is 0.0165. The van der Waals surface area contributed by atoms with Crippen LogP contribution in [0, 0.1) is 0 Å². The number of aliphatic imine (C=N–C) groups is 1. The second-order valence-electron chi connectivity index (χ2n) is 5.75. The number of thiophene rings is 1. The van der Waals surface area contributed by atoms with E-state index in [9.17, 15) is 8.42 Å². The zero-order valence-electron chi connectivity index (χ0n) is 14.3. The Balaban J connectivity index is 2.05. The van der Waals surface area contributed by atoms with Gasteiger partial charge < -0.3 is 5.73 Å². The highest BCUT2D eigenvalue weighted by Gasteiger charge is 2.09. The minimum atomic E-state index is -3.76. The molecule has 0 bridgehead atoms. The van der Waals surface area contributed by atoms with Crippen LogP contribution < -0.4 is 10.9 Å². The molecule has 144 valence electrons. The highest BCUT2D eigenvalue weighted by atomic mass is 35.5. The lowest BCUT2D eigenvalue weighted by Gasteiger charge is -2.06. The summed E-state index contributed by atoms with van der Waals surface area (Å²) in [6.07, 6.45) is 1.74. The lowest BCUT2D eigenvalue weighted by Crippen LogP contribution is -2.11. The molecule has 0 saturated carbocycles. The van der Waals surface area contributed by atoms with Gasteiger partial charge >= 0.3 is 0 Å². The number of benzene rings is 2. The van der Waals surface area contributed by atoms with E-state index in [1.807, 2.05) is 18.2 Å². The lowest BCUT2D eigenvalue weighted by atomic mass is 10.1. The van der Waals surface area contributed by atoms with Gasteiger partial charge in [0.2, 0.25) is 10.0 Å². The Bertz CT molecular complexity index is 1150. The van der Waals surface area contributed by atoms with Gasteiger partial charge in [-0.2, -0.15) is 0 Å². The number of hydrogen-bond donors (Lipinski definition) is 2. The largest absolute Gasteiger partial charge is 0.398 e. The van der Waals surface area contributed by atoms with Gasteiger partial charge in [-0.05, 0) is 54.6 Å². The van der Waals surface area contributed by atoms with Gasteiger partial charge in [0.1, 0.15) is 0 Å². The zero-order chi connectivity index (χ0) is 20.3. The summed E-state index contributed by atoms with van der Waals surface area (Å²) in [6.45, 7) is 0. The molecule has 2 aromatic carbocycles. The molecule has 3 rings (SSSR count). The maximum Gasteiger partial charge on any atom is 0.238 e. The van der Waals surface area contributed by atoms with E-state index in [1.54, 1.807) is 36.4 Å². The number of nitrogens with zero attached hydrogens (tertiary/aromatic N) is 1. The van der Waals surface area contributed by atoms with E-state index < -0.39 is 10.0 Å². The number of allylic oxidation sites excluding steroid dienone is 1. The topological polar surface area (TPSA) is 98.5 Å². The fourth-order valence-corrected chi connectivity index (χ4v) is 3.95. The van der Waals surface area contributed by atoms with E-state index in [4.69, 9.17) is 34.1 Å². The molecule has 0 atom stereocenters. The third-order valence-corrected chi connectivity index (χ3v) is 6.17. The fraction of sp³-hybridized carbons (Fsp3) is 0. The quantitative estimate of drug-likeness (QED) is 0.543. The summed E-state index contributed by atoms with van der Waals surface area (Å²) in [5, 5.41) is 5.73. The predicted molar refractivity (Wildman–Crippen MR) is 117 cm³/mol. The van der Waals surface area contributed by atoms with Crippen LogP contribution in [-0.4, -0.2) is 14.1 Å². The number of hydrogen-bond acceptors (Lipinski definition) is 5. The van der Waals surface area contributed by atoms with Crippen LogP contribution >= 0.6 is 34.5 Å². The third-order valence-electron chi connectivity index (χ3n) is 3.70. The van der Waals surface area contributed by atoms with Gasteiger partial charge in [0.15, 0.2) is 0 Å². The minimum Gasteiger partial charge on any atom is -0.398 e. The lowest BCUT2D eigenvalue weighted by molar-refractivity contribution is 0.598.